The predicted octanol–water partition coefficient (Wildman–Crippen LogP) is 0.154. The fourth-order valence-electron chi connectivity index (χ4n) is 1.64. The van der Waals surface area contributed by atoms with Crippen LogP contribution in [0.3, 0.4) is 0 Å². The van der Waals surface area contributed by atoms with Crippen molar-refractivity contribution in [1.82, 2.24) is 9.29 Å². The molecule has 100 valence electrons. The van der Waals surface area contributed by atoms with Crippen molar-refractivity contribution in [2.45, 2.75) is 4.90 Å². The normalized spacial score (nSPS) is 20.7. The fraction of sp³-hybridized carbons (Fsp3) is 0.444. The Balaban J connectivity index is 2.31. The summed E-state index contributed by atoms with van der Waals surface area (Å²) in [7, 11) is -6.89. The first-order valence-electron chi connectivity index (χ1n) is 5.14. The molecule has 0 bridgehead atoms. The molecule has 18 heavy (non-hydrogen) atoms. The lowest BCUT2D eigenvalue weighted by molar-refractivity contribution is 0.430. The number of sulfone groups is 1. The number of hydrogen-bond acceptors (Lipinski definition) is 5. The molecule has 0 unspecified atom stereocenters. The zero-order valence-corrected chi connectivity index (χ0v) is 11.7. The zero-order chi connectivity index (χ0) is 13.4. The van der Waals surface area contributed by atoms with Crippen LogP contribution in [-0.4, -0.2) is 50.7 Å². The number of pyridine rings is 1. The third-order valence-electron chi connectivity index (χ3n) is 2.65. The summed E-state index contributed by atoms with van der Waals surface area (Å²) in [5.41, 5.74) is 0. The predicted molar refractivity (Wildman–Crippen MR) is 66.7 cm³/mol. The van der Waals surface area contributed by atoms with E-state index in [2.05, 4.69) is 4.98 Å². The fourth-order valence-corrected chi connectivity index (χ4v) is 4.94. The number of hydrogen-bond donors (Lipinski definition) is 0. The minimum Gasteiger partial charge on any atom is -0.243 e. The molecule has 1 saturated heterocycles. The van der Waals surface area contributed by atoms with Gasteiger partial charge in [-0.25, -0.2) is 21.8 Å². The summed E-state index contributed by atoms with van der Waals surface area (Å²) in [5.74, 6) is -0.325. The third kappa shape index (κ3) is 2.66. The first-order valence-corrected chi connectivity index (χ1v) is 8.78. The van der Waals surface area contributed by atoms with Crippen LogP contribution in [0.5, 0.6) is 0 Å². The Labute approximate surface area is 111 Å². The van der Waals surface area contributed by atoms with Gasteiger partial charge in [-0.05, 0) is 12.1 Å². The number of nitrogens with zero attached hydrogens (tertiary/aromatic N) is 2. The summed E-state index contributed by atoms with van der Waals surface area (Å²) in [6.07, 6.45) is 1.39. The molecule has 0 amide bonds. The van der Waals surface area contributed by atoms with Gasteiger partial charge >= 0.3 is 0 Å². The topological polar surface area (TPSA) is 84.4 Å². The average Bonchev–Trinajstić information content (AvgIpc) is 2.28. The first-order chi connectivity index (χ1) is 8.33. The number of sulfonamides is 1. The van der Waals surface area contributed by atoms with Crippen molar-refractivity contribution in [1.29, 1.82) is 0 Å². The zero-order valence-electron chi connectivity index (χ0n) is 9.28. The Kier molecular flexibility index (Phi) is 3.63. The van der Waals surface area contributed by atoms with Crippen LogP contribution in [0.25, 0.3) is 0 Å². The van der Waals surface area contributed by atoms with E-state index in [-0.39, 0.29) is 34.6 Å². The van der Waals surface area contributed by atoms with Gasteiger partial charge in [-0.3, -0.25) is 0 Å². The molecule has 0 saturated carbocycles. The third-order valence-corrected chi connectivity index (χ3v) is 6.60. The van der Waals surface area contributed by atoms with Gasteiger partial charge < -0.3 is 0 Å². The molecule has 0 aromatic carbocycles. The van der Waals surface area contributed by atoms with E-state index in [1.807, 2.05) is 0 Å². The second-order valence-corrected chi connectivity index (χ2v) is 8.42. The Hall–Kier alpha value is -0.700. The SMILES string of the molecule is O=S1(=O)CCN(S(=O)(=O)c2cccnc2Cl)CC1. The maximum absolute atomic E-state index is 12.2. The molecule has 0 radical (unpaired) electrons. The van der Waals surface area contributed by atoms with Gasteiger partial charge in [0, 0.05) is 19.3 Å². The summed E-state index contributed by atoms with van der Waals surface area (Å²) >= 11 is 5.75. The summed E-state index contributed by atoms with van der Waals surface area (Å²) in [6, 6.07) is 2.83. The molecule has 9 heteroatoms. The molecule has 2 heterocycles. The van der Waals surface area contributed by atoms with Gasteiger partial charge in [0.2, 0.25) is 10.0 Å². The Morgan fingerprint density at radius 2 is 1.89 bits per heavy atom. The second kappa shape index (κ2) is 4.76. The van der Waals surface area contributed by atoms with E-state index in [1.54, 1.807) is 0 Å². The lowest BCUT2D eigenvalue weighted by Crippen LogP contribution is -2.43. The summed E-state index contributed by atoms with van der Waals surface area (Å²) in [5, 5.41) is -0.106. The van der Waals surface area contributed by atoms with Crippen LogP contribution in [0.4, 0.5) is 0 Å². The van der Waals surface area contributed by atoms with Crippen LogP contribution in [0, 0.1) is 0 Å². The molecule has 0 N–H and O–H groups in total. The van der Waals surface area contributed by atoms with Crippen LogP contribution in [-0.2, 0) is 19.9 Å². The van der Waals surface area contributed by atoms with Crippen LogP contribution in [0.15, 0.2) is 23.2 Å². The Bertz CT molecular complexity index is 643. The van der Waals surface area contributed by atoms with E-state index < -0.39 is 19.9 Å². The molecule has 6 nitrogen and oxygen atoms in total. The van der Waals surface area contributed by atoms with Gasteiger partial charge in [0.1, 0.15) is 10.0 Å². The summed E-state index contributed by atoms with van der Waals surface area (Å²) in [6.45, 7) is -0.0915. The maximum Gasteiger partial charge on any atom is 0.246 e. The highest BCUT2D eigenvalue weighted by Gasteiger charge is 2.32. The summed E-state index contributed by atoms with van der Waals surface area (Å²) < 4.78 is 48.1. The highest BCUT2D eigenvalue weighted by atomic mass is 35.5. The van der Waals surface area contributed by atoms with Crippen molar-refractivity contribution in [3.05, 3.63) is 23.5 Å². The van der Waals surface area contributed by atoms with Crippen LogP contribution in [0.2, 0.25) is 5.15 Å². The molecular weight excluding hydrogens is 300 g/mol. The maximum atomic E-state index is 12.2. The quantitative estimate of drug-likeness (QED) is 0.726. The largest absolute Gasteiger partial charge is 0.246 e. The van der Waals surface area contributed by atoms with E-state index in [0.717, 1.165) is 4.31 Å². The van der Waals surface area contributed by atoms with Crippen LogP contribution >= 0.6 is 11.6 Å². The molecular formula is C9H11ClN2O4S2. The molecule has 2 rings (SSSR count). The monoisotopic (exact) mass is 310 g/mol. The van der Waals surface area contributed by atoms with Crippen molar-refractivity contribution >= 4 is 31.5 Å². The van der Waals surface area contributed by atoms with Crippen LogP contribution in [0.1, 0.15) is 0 Å². The lowest BCUT2D eigenvalue weighted by atomic mass is 10.5. The van der Waals surface area contributed by atoms with E-state index in [0.29, 0.717) is 0 Å². The Morgan fingerprint density at radius 3 is 2.44 bits per heavy atom. The molecule has 1 fully saturated rings. The number of rotatable bonds is 2. The number of halogens is 1. The van der Waals surface area contributed by atoms with E-state index >= 15 is 0 Å². The number of aromatic nitrogens is 1. The molecule has 1 aliphatic heterocycles. The van der Waals surface area contributed by atoms with Gasteiger partial charge in [0.05, 0.1) is 11.5 Å². The molecule has 0 aliphatic carbocycles. The molecule has 0 atom stereocenters. The van der Waals surface area contributed by atoms with Crippen molar-refractivity contribution < 1.29 is 16.8 Å². The highest BCUT2D eigenvalue weighted by Crippen LogP contribution is 2.23. The van der Waals surface area contributed by atoms with Gasteiger partial charge in [0.15, 0.2) is 9.84 Å². The van der Waals surface area contributed by atoms with Crippen molar-refractivity contribution in [3.63, 3.8) is 0 Å². The molecule has 1 aliphatic rings. The molecule has 0 spiro atoms. The lowest BCUT2D eigenvalue weighted by Gasteiger charge is -2.25. The van der Waals surface area contributed by atoms with Gasteiger partial charge in [-0.15, -0.1) is 0 Å². The van der Waals surface area contributed by atoms with Crippen molar-refractivity contribution in [2.24, 2.45) is 0 Å². The smallest absolute Gasteiger partial charge is 0.243 e. The van der Waals surface area contributed by atoms with Crippen molar-refractivity contribution in [2.75, 3.05) is 24.6 Å². The van der Waals surface area contributed by atoms with Crippen LogP contribution < -0.4 is 0 Å². The molecule has 1 aromatic heterocycles. The van der Waals surface area contributed by atoms with Gasteiger partial charge in [-0.1, -0.05) is 11.6 Å². The summed E-state index contributed by atoms with van der Waals surface area (Å²) in [4.78, 5) is 3.62. The first kappa shape index (κ1) is 13.7. The molecule has 1 aromatic rings. The van der Waals surface area contributed by atoms with Crippen molar-refractivity contribution in [3.8, 4) is 0 Å². The minimum atomic E-state index is -3.77. The van der Waals surface area contributed by atoms with E-state index in [4.69, 9.17) is 11.6 Å². The Morgan fingerprint density at radius 1 is 1.28 bits per heavy atom. The highest BCUT2D eigenvalue weighted by molar-refractivity contribution is 7.92. The van der Waals surface area contributed by atoms with E-state index in [9.17, 15) is 16.8 Å². The average molecular weight is 311 g/mol. The van der Waals surface area contributed by atoms with Gasteiger partial charge in [-0.2, -0.15) is 4.31 Å². The van der Waals surface area contributed by atoms with Gasteiger partial charge in [0.25, 0.3) is 0 Å². The standard InChI is InChI=1S/C9H11ClN2O4S2/c10-9-8(2-1-3-11-9)18(15,16)12-4-6-17(13,14)7-5-12/h1-3H,4-7H2. The minimum absolute atomic E-state index is 0.0457. The van der Waals surface area contributed by atoms with E-state index in [1.165, 1.54) is 18.3 Å². The second-order valence-electron chi connectivity index (χ2n) is 3.85.